The highest BCUT2D eigenvalue weighted by Gasteiger charge is 2.21. The van der Waals surface area contributed by atoms with Gasteiger partial charge in [-0.3, -0.25) is 4.90 Å². The summed E-state index contributed by atoms with van der Waals surface area (Å²) in [6.45, 7) is 10.7. The lowest BCUT2D eigenvalue weighted by atomic mass is 10.0. The van der Waals surface area contributed by atoms with Gasteiger partial charge in [-0.15, -0.1) is 0 Å². The number of aliphatic hydroxyl groups is 1. The summed E-state index contributed by atoms with van der Waals surface area (Å²) in [7, 11) is 0. The van der Waals surface area contributed by atoms with Crippen LogP contribution < -0.4 is 5.73 Å². The van der Waals surface area contributed by atoms with Crippen molar-refractivity contribution in [1.29, 1.82) is 0 Å². The summed E-state index contributed by atoms with van der Waals surface area (Å²) in [5.74, 6) is 0.720. The minimum absolute atomic E-state index is 0.0318. The molecule has 0 bridgehead atoms. The molecule has 3 heteroatoms. The molecule has 0 aliphatic carbocycles. The number of nitrogens with zero attached hydrogens (tertiary/aromatic N) is 1. The first-order valence-electron chi connectivity index (χ1n) is 6.21. The van der Waals surface area contributed by atoms with Crippen LogP contribution in [0.5, 0.6) is 0 Å². The molecule has 92 valence electrons. The van der Waals surface area contributed by atoms with Gasteiger partial charge in [0.05, 0.1) is 6.61 Å². The molecule has 2 unspecified atom stereocenters. The molecule has 0 aliphatic rings. The Kier molecular flexibility index (Phi) is 8.02. The number of aliphatic hydroxyl groups excluding tert-OH is 1. The first-order chi connectivity index (χ1) is 7.10. The van der Waals surface area contributed by atoms with E-state index in [2.05, 4.69) is 25.7 Å². The zero-order valence-corrected chi connectivity index (χ0v) is 10.7. The lowest BCUT2D eigenvalue weighted by molar-refractivity contribution is 0.0958. The number of likely N-dealkylation sites (N-methyl/N-ethyl adjacent to an activating group) is 1. The zero-order chi connectivity index (χ0) is 11.8. The highest BCUT2D eigenvalue weighted by molar-refractivity contribution is 4.79. The maximum Gasteiger partial charge on any atom is 0.0601 e. The molecule has 0 aromatic rings. The minimum atomic E-state index is 0.0318. The van der Waals surface area contributed by atoms with E-state index in [1.165, 1.54) is 12.8 Å². The van der Waals surface area contributed by atoms with Crippen LogP contribution in [0.25, 0.3) is 0 Å². The Balaban J connectivity index is 4.31. The Labute approximate surface area is 94.6 Å². The first-order valence-corrected chi connectivity index (χ1v) is 6.21. The summed E-state index contributed by atoms with van der Waals surface area (Å²) in [5, 5.41) is 9.33. The summed E-state index contributed by atoms with van der Waals surface area (Å²) in [5.41, 5.74) is 5.88. The Morgan fingerprint density at radius 3 is 2.00 bits per heavy atom. The quantitative estimate of drug-likeness (QED) is 0.646. The summed E-state index contributed by atoms with van der Waals surface area (Å²) in [6, 6.07) is 0.139. The summed E-state index contributed by atoms with van der Waals surface area (Å²) < 4.78 is 0. The third-order valence-electron chi connectivity index (χ3n) is 3.32. The van der Waals surface area contributed by atoms with Crippen molar-refractivity contribution in [3.63, 3.8) is 0 Å². The van der Waals surface area contributed by atoms with E-state index in [1.54, 1.807) is 0 Å². The molecule has 0 saturated carbocycles. The molecule has 0 aromatic carbocycles. The normalized spacial score (nSPS) is 16.0. The van der Waals surface area contributed by atoms with Crippen LogP contribution in [0.1, 0.15) is 40.5 Å². The van der Waals surface area contributed by atoms with E-state index in [0.29, 0.717) is 0 Å². The van der Waals surface area contributed by atoms with Crippen LogP contribution in [-0.4, -0.2) is 41.8 Å². The molecule has 3 N–H and O–H groups in total. The van der Waals surface area contributed by atoms with Crippen molar-refractivity contribution in [1.82, 2.24) is 4.90 Å². The van der Waals surface area contributed by atoms with E-state index < -0.39 is 0 Å². The number of rotatable bonds is 8. The standard InChI is InChI=1S/C12H28N2O/c1-5-11(6-2)8-14(7-3)12(9-15)10(4)13/h10-12,15H,5-9,13H2,1-4H3. The number of hydrogen-bond donors (Lipinski definition) is 2. The molecule has 0 radical (unpaired) electrons. The highest BCUT2D eigenvalue weighted by atomic mass is 16.3. The maximum atomic E-state index is 9.33. The van der Waals surface area contributed by atoms with Gasteiger partial charge in [-0.2, -0.15) is 0 Å². The highest BCUT2D eigenvalue weighted by Crippen LogP contribution is 2.13. The van der Waals surface area contributed by atoms with Crippen molar-refractivity contribution in [3.8, 4) is 0 Å². The SMILES string of the molecule is CCC(CC)CN(CC)C(CO)C(C)N. The predicted octanol–water partition coefficient (Wildman–Crippen LogP) is 1.45. The average molecular weight is 216 g/mol. The Bertz CT molecular complexity index is 147. The van der Waals surface area contributed by atoms with E-state index in [0.717, 1.165) is 19.0 Å². The van der Waals surface area contributed by atoms with Gasteiger partial charge in [0.1, 0.15) is 0 Å². The van der Waals surface area contributed by atoms with Gasteiger partial charge in [0.2, 0.25) is 0 Å². The molecule has 0 rings (SSSR count). The second-order valence-electron chi connectivity index (χ2n) is 4.38. The molecular weight excluding hydrogens is 188 g/mol. The summed E-state index contributed by atoms with van der Waals surface area (Å²) in [6.07, 6.45) is 2.40. The fourth-order valence-electron chi connectivity index (χ4n) is 1.99. The maximum absolute atomic E-state index is 9.33. The van der Waals surface area contributed by atoms with Crippen LogP contribution in [0.4, 0.5) is 0 Å². The number of hydrogen-bond acceptors (Lipinski definition) is 3. The molecule has 0 saturated heterocycles. The molecule has 0 spiro atoms. The second kappa shape index (κ2) is 8.08. The van der Waals surface area contributed by atoms with Gasteiger partial charge < -0.3 is 10.8 Å². The van der Waals surface area contributed by atoms with Gasteiger partial charge in [-0.1, -0.05) is 33.6 Å². The molecule has 2 atom stereocenters. The lowest BCUT2D eigenvalue weighted by Gasteiger charge is -2.34. The van der Waals surface area contributed by atoms with Gasteiger partial charge in [0, 0.05) is 18.6 Å². The van der Waals surface area contributed by atoms with Crippen molar-refractivity contribution in [2.24, 2.45) is 11.7 Å². The van der Waals surface area contributed by atoms with Gasteiger partial charge >= 0.3 is 0 Å². The lowest BCUT2D eigenvalue weighted by Crippen LogP contribution is -2.50. The van der Waals surface area contributed by atoms with Crippen LogP contribution in [0.3, 0.4) is 0 Å². The van der Waals surface area contributed by atoms with Crippen LogP contribution in [0.2, 0.25) is 0 Å². The first kappa shape index (κ1) is 14.9. The average Bonchev–Trinajstić information content (AvgIpc) is 2.23. The molecule has 0 aliphatic heterocycles. The topological polar surface area (TPSA) is 49.5 Å². The van der Waals surface area contributed by atoms with E-state index >= 15 is 0 Å². The zero-order valence-electron chi connectivity index (χ0n) is 10.7. The fourth-order valence-corrected chi connectivity index (χ4v) is 1.99. The van der Waals surface area contributed by atoms with E-state index in [-0.39, 0.29) is 18.7 Å². The molecule has 0 heterocycles. The van der Waals surface area contributed by atoms with Gasteiger partial charge in [-0.25, -0.2) is 0 Å². The predicted molar refractivity (Wildman–Crippen MR) is 65.8 cm³/mol. The van der Waals surface area contributed by atoms with Crippen molar-refractivity contribution in [2.45, 2.75) is 52.6 Å². The number of nitrogens with two attached hydrogens (primary N) is 1. The van der Waals surface area contributed by atoms with E-state index in [4.69, 9.17) is 5.73 Å². The third kappa shape index (κ3) is 4.96. The van der Waals surface area contributed by atoms with Crippen LogP contribution in [0, 0.1) is 5.92 Å². The van der Waals surface area contributed by atoms with Crippen molar-refractivity contribution < 1.29 is 5.11 Å². The molecule has 0 aromatic heterocycles. The monoisotopic (exact) mass is 216 g/mol. The van der Waals surface area contributed by atoms with Crippen LogP contribution >= 0.6 is 0 Å². The summed E-state index contributed by atoms with van der Waals surface area (Å²) in [4.78, 5) is 2.31. The van der Waals surface area contributed by atoms with E-state index in [1.807, 2.05) is 6.92 Å². The second-order valence-corrected chi connectivity index (χ2v) is 4.38. The van der Waals surface area contributed by atoms with Crippen molar-refractivity contribution >= 4 is 0 Å². The third-order valence-corrected chi connectivity index (χ3v) is 3.32. The molecule has 15 heavy (non-hydrogen) atoms. The fraction of sp³-hybridized carbons (Fsp3) is 1.00. The molecule has 0 amide bonds. The molecule has 0 fully saturated rings. The van der Waals surface area contributed by atoms with E-state index in [9.17, 15) is 5.11 Å². The Morgan fingerprint density at radius 2 is 1.73 bits per heavy atom. The van der Waals surface area contributed by atoms with Gasteiger partial charge in [0.15, 0.2) is 0 Å². The van der Waals surface area contributed by atoms with Gasteiger partial charge in [0.25, 0.3) is 0 Å². The van der Waals surface area contributed by atoms with Crippen molar-refractivity contribution in [2.75, 3.05) is 19.7 Å². The van der Waals surface area contributed by atoms with Crippen molar-refractivity contribution in [3.05, 3.63) is 0 Å². The summed E-state index contributed by atoms with van der Waals surface area (Å²) >= 11 is 0. The molecular formula is C12H28N2O. The van der Waals surface area contributed by atoms with Crippen LogP contribution in [-0.2, 0) is 0 Å². The van der Waals surface area contributed by atoms with Gasteiger partial charge in [-0.05, 0) is 19.4 Å². The van der Waals surface area contributed by atoms with Crippen LogP contribution in [0.15, 0.2) is 0 Å². The minimum Gasteiger partial charge on any atom is -0.395 e. The Morgan fingerprint density at radius 1 is 1.20 bits per heavy atom. The largest absolute Gasteiger partial charge is 0.395 e. The molecule has 3 nitrogen and oxygen atoms in total. The Hall–Kier alpha value is -0.120. The smallest absolute Gasteiger partial charge is 0.0601 e.